The van der Waals surface area contributed by atoms with Crippen molar-refractivity contribution in [1.82, 2.24) is 9.21 Å². The lowest BCUT2D eigenvalue weighted by atomic mass is 10.1. The van der Waals surface area contributed by atoms with Gasteiger partial charge in [0.15, 0.2) is 0 Å². The Morgan fingerprint density at radius 3 is 2.69 bits per heavy atom. The molecule has 0 fully saturated rings. The number of amides is 1. The summed E-state index contributed by atoms with van der Waals surface area (Å²) in [5, 5.41) is 15.2. The number of nitrogens with zero attached hydrogens (tertiary/aromatic N) is 3. The Morgan fingerprint density at radius 2 is 2.09 bits per heavy atom. The fourth-order valence-corrected chi connectivity index (χ4v) is 7.56. The molecule has 1 atom stereocenters. The van der Waals surface area contributed by atoms with E-state index in [1.165, 1.54) is 21.3 Å². The van der Waals surface area contributed by atoms with Crippen molar-refractivity contribution < 1.29 is 32.6 Å². The van der Waals surface area contributed by atoms with Crippen molar-refractivity contribution >= 4 is 39.4 Å². The van der Waals surface area contributed by atoms with Gasteiger partial charge in [0.05, 0.1) is 10.3 Å². The molecule has 1 unspecified atom stereocenters. The van der Waals surface area contributed by atoms with Gasteiger partial charge in [-0.1, -0.05) is 12.1 Å². The summed E-state index contributed by atoms with van der Waals surface area (Å²) in [6.07, 6.45) is -0.146. The van der Waals surface area contributed by atoms with Crippen molar-refractivity contribution in [3.05, 3.63) is 51.6 Å². The van der Waals surface area contributed by atoms with Crippen molar-refractivity contribution in [3.8, 4) is 5.75 Å². The van der Waals surface area contributed by atoms with Crippen molar-refractivity contribution in [1.29, 1.82) is 0 Å². The Balaban J connectivity index is 1.83. The Kier molecular flexibility index (Phi) is 9.32. The van der Waals surface area contributed by atoms with E-state index in [4.69, 9.17) is 14.6 Å². The molecule has 1 aromatic heterocycles. The number of hydrogen-bond donors (Lipinski definition) is 1. The number of fused-ring (bicyclic) bond motifs is 1. The number of thiophene rings is 1. The first-order valence-corrected chi connectivity index (χ1v) is 13.7. The Morgan fingerprint density at radius 1 is 1.37 bits per heavy atom. The predicted octanol–water partition coefficient (Wildman–Crippen LogP) is 3.03. The molecule has 2 heterocycles. The molecule has 0 radical (unpaired) electrons. The second-order valence-corrected chi connectivity index (χ2v) is 11.6. The van der Waals surface area contributed by atoms with E-state index in [0.29, 0.717) is 28.4 Å². The molecule has 1 aliphatic rings. The Labute approximate surface area is 211 Å². The molecule has 1 aliphatic heterocycles. The molecule has 2 aromatic rings. The topological polar surface area (TPSA) is 155 Å². The van der Waals surface area contributed by atoms with Crippen molar-refractivity contribution in [2.45, 2.75) is 34.4 Å². The summed E-state index contributed by atoms with van der Waals surface area (Å²) < 4.78 is 39.2. The van der Waals surface area contributed by atoms with Crippen LogP contribution in [0.4, 0.5) is 4.79 Å². The highest BCUT2D eigenvalue weighted by atomic mass is 32.3. The number of ether oxygens (including phenoxy) is 2. The third-order valence-corrected chi connectivity index (χ3v) is 9.53. The van der Waals surface area contributed by atoms with Gasteiger partial charge < -0.3 is 14.3 Å². The highest BCUT2D eigenvalue weighted by Crippen LogP contribution is 2.43. The van der Waals surface area contributed by atoms with Crippen LogP contribution in [0.15, 0.2) is 38.8 Å². The van der Waals surface area contributed by atoms with Gasteiger partial charge in [-0.15, -0.1) is 21.5 Å². The number of hydrogen-bond acceptors (Lipinski definition) is 11. The molecule has 0 saturated carbocycles. The molecular weight excluding hydrogens is 520 g/mol. The van der Waals surface area contributed by atoms with Gasteiger partial charge in [0.1, 0.15) is 16.6 Å². The third-order valence-electron chi connectivity index (χ3n) is 5.30. The first-order chi connectivity index (χ1) is 16.7. The van der Waals surface area contributed by atoms with Crippen molar-refractivity contribution in [3.63, 3.8) is 0 Å². The van der Waals surface area contributed by atoms with Gasteiger partial charge in [-0.3, -0.25) is 10.0 Å². The lowest BCUT2D eigenvalue weighted by Gasteiger charge is -2.37. The predicted molar refractivity (Wildman–Crippen MR) is 129 cm³/mol. The van der Waals surface area contributed by atoms with Crippen LogP contribution in [-0.4, -0.2) is 62.2 Å². The molecule has 35 heavy (non-hydrogen) atoms. The zero-order chi connectivity index (χ0) is 25.6. The second-order valence-electron chi connectivity index (χ2n) is 7.45. The number of carbonyl (C=O) groups excluding carboxylic acids is 1. The van der Waals surface area contributed by atoms with Gasteiger partial charge in [0, 0.05) is 38.9 Å². The number of methoxy groups -OCH3 is 1. The zero-order valence-electron chi connectivity index (χ0n) is 19.1. The molecule has 1 amide bonds. The maximum atomic E-state index is 13.2. The van der Waals surface area contributed by atoms with Crippen LogP contribution in [0.5, 0.6) is 5.75 Å². The molecule has 3 rings (SSSR count). The van der Waals surface area contributed by atoms with Crippen LogP contribution in [0.2, 0.25) is 0 Å². The van der Waals surface area contributed by atoms with E-state index in [1.54, 1.807) is 32.2 Å². The van der Waals surface area contributed by atoms with Gasteiger partial charge in [0.2, 0.25) is 0 Å². The number of nitrogens with two attached hydrogens (primary N) is 1. The molecule has 1 aromatic carbocycles. The number of benzene rings is 1. The van der Waals surface area contributed by atoms with E-state index in [9.17, 15) is 23.3 Å². The smallest absolute Gasteiger partial charge is 0.410 e. The zero-order valence-corrected chi connectivity index (χ0v) is 21.6. The van der Waals surface area contributed by atoms with E-state index < -0.39 is 27.2 Å². The van der Waals surface area contributed by atoms with Crippen LogP contribution in [0.25, 0.3) is 0 Å². The molecule has 0 bridgehead atoms. The number of likely N-dealkylation sites (N-methyl/N-ethyl adjacent to an activating group) is 1. The Hall–Kier alpha value is -2.43. The Bertz CT molecular complexity index is 1140. The van der Waals surface area contributed by atoms with Gasteiger partial charge in [0.25, 0.3) is 15.1 Å². The van der Waals surface area contributed by atoms with E-state index in [1.807, 2.05) is 0 Å². The van der Waals surface area contributed by atoms with Gasteiger partial charge in [-0.05, 0) is 49.1 Å². The van der Waals surface area contributed by atoms with E-state index in [0.717, 1.165) is 23.3 Å². The highest BCUT2D eigenvalue weighted by Gasteiger charge is 2.42. The number of rotatable bonds is 11. The minimum atomic E-state index is -3.74. The summed E-state index contributed by atoms with van der Waals surface area (Å²) in [5.74, 6) is 0.238. The lowest BCUT2D eigenvalue weighted by molar-refractivity contribution is -0.763. The average molecular weight is 547 g/mol. The number of carbonyl (C=O) groups is 1. The molecule has 2 N–H and O–H groups in total. The summed E-state index contributed by atoms with van der Waals surface area (Å²) in [4.78, 5) is 29.3. The van der Waals surface area contributed by atoms with Gasteiger partial charge >= 0.3 is 6.09 Å². The van der Waals surface area contributed by atoms with E-state index in [-0.39, 0.29) is 36.2 Å². The average Bonchev–Trinajstić information content (AvgIpc) is 3.28. The first-order valence-electron chi connectivity index (χ1n) is 10.6. The largest absolute Gasteiger partial charge is 0.415 e. The van der Waals surface area contributed by atoms with Crippen LogP contribution < -0.4 is 9.88 Å². The molecule has 15 heteroatoms. The lowest BCUT2D eigenvalue weighted by Crippen LogP contribution is -2.47. The SMILES string of the molecule is CCN(C(=O)Oc1ccc(CO[N+](=O)[O-])cc1)C1CN(CCCOC)S(=O)(=O)c2sc(SN)cc21. The summed E-state index contributed by atoms with van der Waals surface area (Å²) >= 11 is 2.03. The summed E-state index contributed by atoms with van der Waals surface area (Å²) in [6.45, 7) is 2.55. The van der Waals surface area contributed by atoms with Crippen LogP contribution >= 0.6 is 23.3 Å². The standard InChI is InChI=1S/C20H26N4O8S3/c1-3-23(20(25)32-15-7-5-14(6-8-15)13-31-24(26)27)17-12-22(9-4-10-30-2)35(28,29)19-16(17)11-18(33-19)34-21/h5-8,11,17H,3-4,9-10,12-13,21H2,1-2H3. The highest BCUT2D eigenvalue weighted by molar-refractivity contribution is 7.99. The quantitative estimate of drug-likeness (QED) is 0.192. The third kappa shape index (κ3) is 6.42. The van der Waals surface area contributed by atoms with Crippen molar-refractivity contribution in [2.75, 3.05) is 33.4 Å². The van der Waals surface area contributed by atoms with Crippen molar-refractivity contribution in [2.24, 2.45) is 5.14 Å². The fourth-order valence-electron chi connectivity index (χ4n) is 3.64. The maximum Gasteiger partial charge on any atom is 0.415 e. The summed E-state index contributed by atoms with van der Waals surface area (Å²) in [5.41, 5.74) is 1.05. The first kappa shape index (κ1) is 27.2. The van der Waals surface area contributed by atoms with Crippen LogP contribution in [0, 0.1) is 10.1 Å². The van der Waals surface area contributed by atoms with Crippen LogP contribution in [0.1, 0.15) is 30.5 Å². The molecule has 0 saturated heterocycles. The molecule has 192 valence electrons. The fraction of sp³-hybridized carbons (Fsp3) is 0.450. The van der Waals surface area contributed by atoms with Gasteiger partial charge in [-0.25, -0.2) is 13.2 Å². The maximum absolute atomic E-state index is 13.2. The number of sulfonamides is 1. The van der Waals surface area contributed by atoms with Gasteiger partial charge in [-0.2, -0.15) is 4.31 Å². The van der Waals surface area contributed by atoms with Crippen LogP contribution in [0.3, 0.4) is 0 Å². The van der Waals surface area contributed by atoms with E-state index >= 15 is 0 Å². The normalized spacial score (nSPS) is 16.9. The monoisotopic (exact) mass is 546 g/mol. The molecule has 12 nitrogen and oxygen atoms in total. The summed E-state index contributed by atoms with van der Waals surface area (Å²) in [6, 6.07) is 7.25. The molecule has 0 aliphatic carbocycles. The van der Waals surface area contributed by atoms with Crippen LogP contribution in [-0.2, 0) is 26.2 Å². The minimum Gasteiger partial charge on any atom is -0.410 e. The van der Waals surface area contributed by atoms with E-state index in [2.05, 4.69) is 4.84 Å². The second kappa shape index (κ2) is 12.0. The minimum absolute atomic E-state index is 0.0740. The molecule has 0 spiro atoms. The summed E-state index contributed by atoms with van der Waals surface area (Å²) in [7, 11) is -2.19. The molecular formula is C20H26N4O8S3.